The predicted octanol–water partition coefficient (Wildman–Crippen LogP) is 2.70. The van der Waals surface area contributed by atoms with Crippen LogP contribution in [-0.4, -0.2) is 31.4 Å². The Labute approximate surface area is 138 Å². The first-order chi connectivity index (χ1) is 10.5. The zero-order valence-corrected chi connectivity index (χ0v) is 14.2. The van der Waals surface area contributed by atoms with E-state index < -0.39 is 0 Å². The van der Waals surface area contributed by atoms with Gasteiger partial charge in [0.15, 0.2) is 0 Å². The Kier molecular flexibility index (Phi) is 5.79. The highest BCUT2D eigenvalue weighted by atomic mass is 35.5. The lowest BCUT2D eigenvalue weighted by Gasteiger charge is -2.13. The predicted molar refractivity (Wildman–Crippen MR) is 86.8 cm³/mol. The molecule has 1 heterocycles. The summed E-state index contributed by atoms with van der Waals surface area (Å²) in [5.74, 6) is -0.0803. The fraction of sp³-hybridized carbons (Fsp3) is 0.429. The molecule has 0 fully saturated rings. The molecule has 1 aromatic heterocycles. The van der Waals surface area contributed by atoms with Crippen LogP contribution in [0.3, 0.4) is 0 Å². The lowest BCUT2D eigenvalue weighted by molar-refractivity contribution is -0.120. The van der Waals surface area contributed by atoms with Gasteiger partial charge in [0.2, 0.25) is 11.1 Å². The molecule has 118 valence electrons. The number of tetrazole rings is 1. The fourth-order valence-electron chi connectivity index (χ4n) is 1.77. The molecule has 0 saturated heterocycles. The first-order valence-corrected chi connectivity index (χ1v) is 8.20. The molecule has 2 aromatic rings. The summed E-state index contributed by atoms with van der Waals surface area (Å²) in [7, 11) is 0. The molecule has 0 bridgehead atoms. The number of nitrogens with one attached hydrogen (secondary N) is 1. The van der Waals surface area contributed by atoms with Crippen molar-refractivity contribution >= 4 is 29.3 Å². The Bertz CT molecular complexity index is 646. The minimum atomic E-state index is -0.300. The van der Waals surface area contributed by atoms with E-state index in [4.69, 9.17) is 11.6 Å². The van der Waals surface area contributed by atoms with E-state index >= 15 is 0 Å². The molecule has 0 aliphatic carbocycles. The monoisotopic (exact) mass is 339 g/mol. The van der Waals surface area contributed by atoms with Gasteiger partial charge in [-0.3, -0.25) is 4.79 Å². The summed E-state index contributed by atoms with van der Waals surface area (Å²) in [4.78, 5) is 12.2. The van der Waals surface area contributed by atoms with E-state index in [1.54, 1.807) is 10.7 Å². The average molecular weight is 340 g/mol. The lowest BCUT2D eigenvalue weighted by atomic mass is 10.2. The first kappa shape index (κ1) is 16.8. The van der Waals surface area contributed by atoms with Crippen molar-refractivity contribution in [2.24, 2.45) is 0 Å². The van der Waals surface area contributed by atoms with Crippen molar-refractivity contribution in [1.29, 1.82) is 0 Å². The number of carbonyl (C=O) groups is 1. The van der Waals surface area contributed by atoms with Crippen LogP contribution in [0.15, 0.2) is 29.4 Å². The highest BCUT2D eigenvalue weighted by Crippen LogP contribution is 2.22. The number of amides is 1. The number of halogens is 1. The highest BCUT2D eigenvalue weighted by molar-refractivity contribution is 8.00. The van der Waals surface area contributed by atoms with Gasteiger partial charge in [-0.05, 0) is 42.8 Å². The maximum atomic E-state index is 12.2. The largest absolute Gasteiger partial charge is 0.351 e. The van der Waals surface area contributed by atoms with Crippen molar-refractivity contribution in [3.63, 3.8) is 0 Å². The smallest absolute Gasteiger partial charge is 0.233 e. The maximum Gasteiger partial charge on any atom is 0.233 e. The van der Waals surface area contributed by atoms with E-state index in [1.165, 1.54) is 11.8 Å². The average Bonchev–Trinajstić information content (AvgIpc) is 2.94. The number of nitrogens with zero attached hydrogens (tertiary/aromatic N) is 4. The van der Waals surface area contributed by atoms with E-state index in [0.29, 0.717) is 16.7 Å². The number of hydrogen-bond acceptors (Lipinski definition) is 5. The van der Waals surface area contributed by atoms with Gasteiger partial charge in [0, 0.05) is 11.6 Å². The Morgan fingerprint density at radius 3 is 2.77 bits per heavy atom. The van der Waals surface area contributed by atoms with E-state index in [9.17, 15) is 4.79 Å². The highest BCUT2D eigenvalue weighted by Gasteiger charge is 2.19. The van der Waals surface area contributed by atoms with E-state index in [1.807, 2.05) is 39.0 Å². The summed E-state index contributed by atoms with van der Waals surface area (Å²) in [6.45, 7) is 6.20. The van der Waals surface area contributed by atoms with Gasteiger partial charge in [-0.25, -0.2) is 4.68 Å². The molecule has 1 amide bonds. The summed E-state index contributed by atoms with van der Waals surface area (Å²) in [6.07, 6.45) is 0. The van der Waals surface area contributed by atoms with Crippen molar-refractivity contribution in [3.8, 4) is 0 Å². The SMILES string of the molecule is CC(Sc1nnnn1C(C)C)C(=O)NCc1ccccc1Cl. The van der Waals surface area contributed by atoms with Gasteiger partial charge >= 0.3 is 0 Å². The molecular formula is C14H18ClN5OS. The third kappa shape index (κ3) is 4.20. The van der Waals surface area contributed by atoms with Crippen LogP contribution in [0, 0.1) is 0 Å². The Hall–Kier alpha value is -1.60. The van der Waals surface area contributed by atoms with Gasteiger partial charge in [0.25, 0.3) is 0 Å². The van der Waals surface area contributed by atoms with Crippen molar-refractivity contribution in [2.75, 3.05) is 0 Å². The minimum Gasteiger partial charge on any atom is -0.351 e. The van der Waals surface area contributed by atoms with Crippen LogP contribution < -0.4 is 5.32 Å². The molecular weight excluding hydrogens is 322 g/mol. The van der Waals surface area contributed by atoms with Crippen LogP contribution >= 0.6 is 23.4 Å². The van der Waals surface area contributed by atoms with Crippen molar-refractivity contribution in [2.45, 2.75) is 43.8 Å². The summed E-state index contributed by atoms with van der Waals surface area (Å²) in [5.41, 5.74) is 0.890. The topological polar surface area (TPSA) is 72.7 Å². The van der Waals surface area contributed by atoms with Gasteiger partial charge in [-0.2, -0.15) is 0 Å². The Morgan fingerprint density at radius 2 is 2.09 bits per heavy atom. The van der Waals surface area contributed by atoms with E-state index in [0.717, 1.165) is 5.56 Å². The molecule has 6 nitrogen and oxygen atoms in total. The maximum absolute atomic E-state index is 12.2. The third-order valence-corrected chi connectivity index (χ3v) is 4.43. The molecule has 2 rings (SSSR count). The molecule has 1 N–H and O–H groups in total. The van der Waals surface area contributed by atoms with Crippen molar-refractivity contribution < 1.29 is 4.79 Å². The molecule has 0 spiro atoms. The van der Waals surface area contributed by atoms with Crippen LogP contribution in [-0.2, 0) is 11.3 Å². The van der Waals surface area contributed by atoms with Crippen LogP contribution in [0.2, 0.25) is 5.02 Å². The zero-order chi connectivity index (χ0) is 16.1. The Morgan fingerprint density at radius 1 is 1.36 bits per heavy atom. The van der Waals surface area contributed by atoms with Gasteiger partial charge in [0.05, 0.1) is 11.3 Å². The summed E-state index contributed by atoms with van der Waals surface area (Å²) >= 11 is 7.41. The molecule has 0 saturated carbocycles. The van der Waals surface area contributed by atoms with Crippen LogP contribution in [0.4, 0.5) is 0 Å². The summed E-state index contributed by atoms with van der Waals surface area (Å²) < 4.78 is 1.70. The van der Waals surface area contributed by atoms with Gasteiger partial charge < -0.3 is 5.32 Å². The van der Waals surface area contributed by atoms with E-state index in [2.05, 4.69) is 20.8 Å². The minimum absolute atomic E-state index is 0.0803. The summed E-state index contributed by atoms with van der Waals surface area (Å²) in [5, 5.41) is 15.4. The van der Waals surface area contributed by atoms with Crippen LogP contribution in [0.5, 0.6) is 0 Å². The van der Waals surface area contributed by atoms with Gasteiger partial charge in [-0.1, -0.05) is 41.6 Å². The van der Waals surface area contributed by atoms with Gasteiger partial charge in [0.1, 0.15) is 0 Å². The standard InChI is InChI=1S/C14H18ClN5OS/c1-9(2)20-14(17-18-19-20)22-10(3)13(21)16-8-11-6-4-5-7-12(11)15/h4-7,9-10H,8H2,1-3H3,(H,16,21). The molecule has 0 aliphatic heterocycles. The molecule has 8 heteroatoms. The number of rotatable bonds is 6. The van der Waals surface area contributed by atoms with E-state index in [-0.39, 0.29) is 17.2 Å². The molecule has 0 radical (unpaired) electrons. The first-order valence-electron chi connectivity index (χ1n) is 6.94. The Balaban J connectivity index is 1.92. The number of aromatic nitrogens is 4. The molecule has 0 aliphatic rings. The quantitative estimate of drug-likeness (QED) is 0.819. The molecule has 1 aromatic carbocycles. The fourth-order valence-corrected chi connectivity index (χ4v) is 2.91. The number of hydrogen-bond donors (Lipinski definition) is 1. The number of thioether (sulfide) groups is 1. The second-order valence-corrected chi connectivity index (χ2v) is 6.78. The second kappa shape index (κ2) is 7.60. The van der Waals surface area contributed by atoms with Crippen molar-refractivity contribution in [1.82, 2.24) is 25.5 Å². The number of carbonyl (C=O) groups excluding carboxylic acids is 1. The van der Waals surface area contributed by atoms with Crippen LogP contribution in [0.25, 0.3) is 0 Å². The molecule has 22 heavy (non-hydrogen) atoms. The van der Waals surface area contributed by atoms with Crippen LogP contribution in [0.1, 0.15) is 32.4 Å². The number of benzene rings is 1. The lowest BCUT2D eigenvalue weighted by Crippen LogP contribution is -2.30. The second-order valence-electron chi connectivity index (χ2n) is 5.07. The van der Waals surface area contributed by atoms with Gasteiger partial charge in [-0.15, -0.1) is 5.10 Å². The third-order valence-electron chi connectivity index (χ3n) is 3.01. The summed E-state index contributed by atoms with van der Waals surface area (Å²) in [6, 6.07) is 7.59. The normalized spacial score (nSPS) is 12.4. The molecule has 1 unspecified atom stereocenters. The molecule has 1 atom stereocenters. The van der Waals surface area contributed by atoms with Crippen molar-refractivity contribution in [3.05, 3.63) is 34.9 Å². The zero-order valence-electron chi connectivity index (χ0n) is 12.7.